The molecule has 2 rings (SSSR count). The Morgan fingerprint density at radius 2 is 1.64 bits per heavy atom. The second-order valence-electron chi connectivity index (χ2n) is 4.86. The first-order chi connectivity index (χ1) is 10.5. The van der Waals surface area contributed by atoms with Crippen LogP contribution in [0.2, 0.25) is 5.02 Å². The van der Waals surface area contributed by atoms with E-state index in [4.69, 9.17) is 22.1 Å². The number of hydrogen-bond donors (Lipinski definition) is 1. The van der Waals surface area contributed by atoms with Crippen molar-refractivity contribution in [1.82, 2.24) is 0 Å². The van der Waals surface area contributed by atoms with Crippen molar-refractivity contribution in [3.63, 3.8) is 0 Å². The Bertz CT molecular complexity index is 583. The Labute approximate surface area is 143 Å². The molecule has 2 atom stereocenters. The molecule has 0 heterocycles. The SMILES string of the molecule is CCOC(=O)C(N)C(c1ccc(Cl)cc1)c1ccc(Br)cc1. The van der Waals surface area contributed by atoms with Crippen LogP contribution in [0.5, 0.6) is 0 Å². The van der Waals surface area contributed by atoms with Gasteiger partial charge in [0.1, 0.15) is 6.04 Å². The highest BCUT2D eigenvalue weighted by molar-refractivity contribution is 9.10. The van der Waals surface area contributed by atoms with Gasteiger partial charge < -0.3 is 10.5 Å². The molecule has 3 nitrogen and oxygen atoms in total. The molecule has 0 aromatic heterocycles. The summed E-state index contributed by atoms with van der Waals surface area (Å²) in [6.07, 6.45) is 0. The highest BCUT2D eigenvalue weighted by Gasteiger charge is 2.28. The van der Waals surface area contributed by atoms with Crippen LogP contribution in [0, 0.1) is 0 Å². The third kappa shape index (κ3) is 4.09. The molecule has 2 aromatic carbocycles. The van der Waals surface area contributed by atoms with Gasteiger partial charge in [-0.2, -0.15) is 0 Å². The number of nitrogens with two attached hydrogens (primary N) is 1. The highest BCUT2D eigenvalue weighted by Crippen LogP contribution is 2.29. The average molecular weight is 383 g/mol. The molecule has 0 fully saturated rings. The fourth-order valence-electron chi connectivity index (χ4n) is 2.32. The fourth-order valence-corrected chi connectivity index (χ4v) is 2.71. The van der Waals surface area contributed by atoms with E-state index in [0.717, 1.165) is 15.6 Å². The van der Waals surface area contributed by atoms with E-state index in [-0.39, 0.29) is 5.92 Å². The Kier molecular flexibility index (Phi) is 6.00. The summed E-state index contributed by atoms with van der Waals surface area (Å²) in [6.45, 7) is 2.07. The maximum absolute atomic E-state index is 12.1. The lowest BCUT2D eigenvalue weighted by molar-refractivity contribution is -0.145. The lowest BCUT2D eigenvalue weighted by Crippen LogP contribution is -2.38. The van der Waals surface area contributed by atoms with Crippen LogP contribution in [-0.4, -0.2) is 18.6 Å². The van der Waals surface area contributed by atoms with Crippen LogP contribution in [-0.2, 0) is 9.53 Å². The third-order valence-corrected chi connectivity index (χ3v) is 4.16. The lowest BCUT2D eigenvalue weighted by Gasteiger charge is -2.23. The van der Waals surface area contributed by atoms with Crippen molar-refractivity contribution < 1.29 is 9.53 Å². The summed E-state index contributed by atoms with van der Waals surface area (Å²) in [4.78, 5) is 12.1. The fraction of sp³-hybridized carbons (Fsp3) is 0.235. The van der Waals surface area contributed by atoms with Crippen molar-refractivity contribution in [2.24, 2.45) is 5.73 Å². The van der Waals surface area contributed by atoms with Gasteiger partial charge in [0.05, 0.1) is 6.61 Å². The Balaban J connectivity index is 2.41. The summed E-state index contributed by atoms with van der Waals surface area (Å²) >= 11 is 9.36. The molecule has 0 amide bonds. The molecule has 2 N–H and O–H groups in total. The van der Waals surface area contributed by atoms with E-state index in [1.807, 2.05) is 36.4 Å². The molecule has 0 spiro atoms. The summed E-state index contributed by atoms with van der Waals surface area (Å²) in [6, 6.07) is 14.3. The van der Waals surface area contributed by atoms with Crippen LogP contribution in [0.1, 0.15) is 24.0 Å². The molecule has 0 aliphatic rings. The van der Waals surface area contributed by atoms with E-state index in [1.165, 1.54) is 0 Å². The van der Waals surface area contributed by atoms with Gasteiger partial charge in [-0.3, -0.25) is 4.79 Å². The topological polar surface area (TPSA) is 52.3 Å². The van der Waals surface area contributed by atoms with E-state index in [1.54, 1.807) is 19.1 Å². The quantitative estimate of drug-likeness (QED) is 0.791. The number of halogens is 2. The van der Waals surface area contributed by atoms with Gasteiger partial charge in [0.2, 0.25) is 0 Å². The number of hydrogen-bond acceptors (Lipinski definition) is 3. The zero-order valence-electron chi connectivity index (χ0n) is 12.1. The molecule has 0 saturated carbocycles. The Morgan fingerprint density at radius 3 is 2.14 bits per heavy atom. The molecule has 0 aliphatic carbocycles. The number of rotatable bonds is 5. The molecule has 116 valence electrons. The van der Waals surface area contributed by atoms with E-state index in [2.05, 4.69) is 15.9 Å². The number of carbonyl (C=O) groups excluding carboxylic acids is 1. The monoisotopic (exact) mass is 381 g/mol. The second kappa shape index (κ2) is 7.77. The van der Waals surface area contributed by atoms with Crippen molar-refractivity contribution in [3.8, 4) is 0 Å². The van der Waals surface area contributed by atoms with Gasteiger partial charge in [0.15, 0.2) is 0 Å². The standard InChI is InChI=1S/C17H17BrClNO2/c1-2-22-17(21)16(20)15(11-3-7-13(18)8-4-11)12-5-9-14(19)10-6-12/h3-10,15-16H,2,20H2,1H3. The first-order valence-corrected chi connectivity index (χ1v) is 8.13. The minimum absolute atomic E-state index is 0.288. The zero-order valence-corrected chi connectivity index (χ0v) is 14.5. The first-order valence-electron chi connectivity index (χ1n) is 6.96. The summed E-state index contributed by atoms with van der Waals surface area (Å²) in [7, 11) is 0. The van der Waals surface area contributed by atoms with Crippen molar-refractivity contribution in [1.29, 1.82) is 0 Å². The van der Waals surface area contributed by atoms with Crippen molar-refractivity contribution in [2.75, 3.05) is 6.61 Å². The van der Waals surface area contributed by atoms with Crippen LogP contribution in [0.4, 0.5) is 0 Å². The Morgan fingerprint density at radius 1 is 1.14 bits per heavy atom. The van der Waals surface area contributed by atoms with Gasteiger partial charge in [-0.25, -0.2) is 0 Å². The van der Waals surface area contributed by atoms with Crippen LogP contribution in [0.15, 0.2) is 53.0 Å². The van der Waals surface area contributed by atoms with E-state index in [0.29, 0.717) is 11.6 Å². The molecule has 0 aliphatic heterocycles. The van der Waals surface area contributed by atoms with Crippen LogP contribution in [0.3, 0.4) is 0 Å². The second-order valence-corrected chi connectivity index (χ2v) is 6.21. The molecule has 0 saturated heterocycles. The van der Waals surface area contributed by atoms with Gasteiger partial charge in [-0.05, 0) is 42.3 Å². The van der Waals surface area contributed by atoms with Crippen molar-refractivity contribution in [3.05, 3.63) is 69.2 Å². The highest BCUT2D eigenvalue weighted by atomic mass is 79.9. The minimum Gasteiger partial charge on any atom is -0.465 e. The predicted octanol–water partition coefficient (Wildman–Crippen LogP) is 4.12. The van der Waals surface area contributed by atoms with Gasteiger partial charge in [0, 0.05) is 15.4 Å². The van der Waals surface area contributed by atoms with Gasteiger partial charge in [0.25, 0.3) is 0 Å². The van der Waals surface area contributed by atoms with Gasteiger partial charge >= 0.3 is 5.97 Å². The molecule has 2 aromatic rings. The number of benzene rings is 2. The molecule has 22 heavy (non-hydrogen) atoms. The van der Waals surface area contributed by atoms with Gasteiger partial charge in [-0.1, -0.05) is 51.8 Å². The first kappa shape index (κ1) is 17.0. The molecular formula is C17H17BrClNO2. The van der Waals surface area contributed by atoms with Crippen molar-refractivity contribution in [2.45, 2.75) is 18.9 Å². The maximum Gasteiger partial charge on any atom is 0.323 e. The molecule has 0 bridgehead atoms. The predicted molar refractivity (Wildman–Crippen MR) is 92.0 cm³/mol. The molecular weight excluding hydrogens is 366 g/mol. The number of carbonyl (C=O) groups is 1. The van der Waals surface area contributed by atoms with Gasteiger partial charge in [-0.15, -0.1) is 0 Å². The van der Waals surface area contributed by atoms with E-state index in [9.17, 15) is 4.79 Å². The van der Waals surface area contributed by atoms with Crippen molar-refractivity contribution >= 4 is 33.5 Å². The maximum atomic E-state index is 12.1. The van der Waals surface area contributed by atoms with Crippen LogP contribution < -0.4 is 5.73 Å². The summed E-state index contributed by atoms with van der Waals surface area (Å²) in [5, 5.41) is 0.642. The number of ether oxygens (including phenoxy) is 1. The smallest absolute Gasteiger partial charge is 0.323 e. The van der Waals surface area contributed by atoms with E-state index >= 15 is 0 Å². The van der Waals surface area contributed by atoms with E-state index < -0.39 is 12.0 Å². The normalized spacial score (nSPS) is 13.5. The minimum atomic E-state index is -0.776. The summed E-state index contributed by atoms with van der Waals surface area (Å²) in [5.41, 5.74) is 8.04. The third-order valence-electron chi connectivity index (χ3n) is 3.38. The summed E-state index contributed by atoms with van der Waals surface area (Å²) in [5.74, 6) is -0.699. The average Bonchev–Trinajstić information content (AvgIpc) is 2.51. The molecule has 2 unspecified atom stereocenters. The zero-order chi connectivity index (χ0) is 16.1. The largest absolute Gasteiger partial charge is 0.465 e. The molecule has 5 heteroatoms. The van der Waals surface area contributed by atoms with Crippen LogP contribution in [0.25, 0.3) is 0 Å². The Hall–Kier alpha value is -1.36. The number of esters is 1. The molecule has 0 radical (unpaired) electrons. The van der Waals surface area contributed by atoms with Crippen LogP contribution >= 0.6 is 27.5 Å². The summed E-state index contributed by atoms with van der Waals surface area (Å²) < 4.78 is 6.04. The lowest BCUT2D eigenvalue weighted by atomic mass is 9.85.